The van der Waals surface area contributed by atoms with Crippen molar-refractivity contribution in [2.24, 2.45) is 5.73 Å². The molecule has 0 saturated carbocycles. The largest absolute Gasteiger partial charge is 0.329 e. The van der Waals surface area contributed by atoms with Crippen LogP contribution < -0.4 is 11.2 Å². The number of hydrazine groups is 1. The molecular weight excluding hydrogens is 248 g/mol. The van der Waals surface area contributed by atoms with Crippen LogP contribution in [-0.2, 0) is 0 Å². The summed E-state index contributed by atoms with van der Waals surface area (Å²) >= 11 is 0. The fourth-order valence-electron chi connectivity index (χ4n) is 4.58. The molecule has 4 unspecified atom stereocenters. The number of nitrogens with two attached hydrogens (primary N) is 1. The van der Waals surface area contributed by atoms with Gasteiger partial charge in [-0.3, -0.25) is 0 Å². The van der Waals surface area contributed by atoms with E-state index >= 15 is 0 Å². The Labute approximate surface area is 124 Å². The van der Waals surface area contributed by atoms with Crippen LogP contribution in [0, 0.1) is 0 Å². The first-order chi connectivity index (χ1) is 9.63. The topological polar surface area (TPSA) is 44.5 Å². The van der Waals surface area contributed by atoms with Crippen molar-refractivity contribution in [2.75, 3.05) is 19.6 Å². The van der Waals surface area contributed by atoms with Gasteiger partial charge in [-0.15, -0.1) is 0 Å². The number of fused-ring (bicyclic) bond motifs is 1. The van der Waals surface area contributed by atoms with Crippen molar-refractivity contribution in [3.8, 4) is 0 Å². The highest BCUT2D eigenvalue weighted by atomic mass is 15.6. The smallest absolute Gasteiger partial charge is 0.0475 e. The van der Waals surface area contributed by atoms with Gasteiger partial charge < -0.3 is 10.6 Å². The highest BCUT2D eigenvalue weighted by molar-refractivity contribution is 5.00. The Morgan fingerprint density at radius 3 is 2.55 bits per heavy atom. The van der Waals surface area contributed by atoms with Crippen molar-refractivity contribution in [3.05, 3.63) is 0 Å². The van der Waals surface area contributed by atoms with E-state index in [1.807, 2.05) is 0 Å². The lowest BCUT2D eigenvalue weighted by Crippen LogP contribution is -2.67. The van der Waals surface area contributed by atoms with Crippen LogP contribution in [0.2, 0.25) is 0 Å². The van der Waals surface area contributed by atoms with Crippen molar-refractivity contribution in [3.63, 3.8) is 0 Å². The maximum Gasteiger partial charge on any atom is 0.0475 e. The molecule has 20 heavy (non-hydrogen) atoms. The second kappa shape index (κ2) is 5.91. The maximum atomic E-state index is 6.22. The average Bonchev–Trinajstić information content (AvgIpc) is 2.90. The summed E-state index contributed by atoms with van der Waals surface area (Å²) in [6.45, 7) is 8.02. The molecule has 3 heterocycles. The van der Waals surface area contributed by atoms with E-state index in [0.29, 0.717) is 12.1 Å². The predicted octanol–water partition coefficient (Wildman–Crippen LogP) is 1.71. The standard InChI is InChI=1S/C16H32N4/c1-13-5-3-6-14(2)20(13)18-16(12-17)8-10-19-9-4-7-15(19)11-16/h13-15,18H,3-12,17H2,1-2H3. The minimum absolute atomic E-state index is 0.144. The van der Waals surface area contributed by atoms with Crippen LogP contribution in [0.15, 0.2) is 0 Å². The molecule has 0 amide bonds. The van der Waals surface area contributed by atoms with E-state index in [1.54, 1.807) is 0 Å². The zero-order valence-electron chi connectivity index (χ0n) is 13.3. The Bertz CT molecular complexity index is 324. The summed E-state index contributed by atoms with van der Waals surface area (Å²) in [5.74, 6) is 0. The SMILES string of the molecule is CC1CCCC(C)N1NC1(CN)CCN2CCCC2C1. The lowest BCUT2D eigenvalue weighted by molar-refractivity contribution is -0.0253. The van der Waals surface area contributed by atoms with Crippen molar-refractivity contribution >= 4 is 0 Å². The fourth-order valence-corrected chi connectivity index (χ4v) is 4.58. The summed E-state index contributed by atoms with van der Waals surface area (Å²) in [6.07, 6.45) is 9.18. The third-order valence-corrected chi connectivity index (χ3v) is 5.95. The monoisotopic (exact) mass is 280 g/mol. The molecule has 3 saturated heterocycles. The van der Waals surface area contributed by atoms with Gasteiger partial charge in [-0.2, -0.15) is 0 Å². The number of rotatable bonds is 3. The normalized spacial score (nSPS) is 43.6. The van der Waals surface area contributed by atoms with Gasteiger partial charge in [0.05, 0.1) is 0 Å². The first-order valence-corrected chi connectivity index (χ1v) is 8.64. The molecule has 3 N–H and O–H groups in total. The van der Waals surface area contributed by atoms with Gasteiger partial charge in [-0.1, -0.05) is 6.42 Å². The molecule has 4 nitrogen and oxygen atoms in total. The number of piperidine rings is 2. The van der Waals surface area contributed by atoms with Crippen molar-refractivity contribution in [2.45, 2.75) is 82.5 Å². The molecule has 3 aliphatic rings. The quantitative estimate of drug-likeness (QED) is 0.826. The first kappa shape index (κ1) is 14.8. The molecule has 4 atom stereocenters. The average molecular weight is 280 g/mol. The summed E-state index contributed by atoms with van der Waals surface area (Å²) in [4.78, 5) is 2.68. The Kier molecular flexibility index (Phi) is 4.37. The van der Waals surface area contributed by atoms with Crippen LogP contribution in [0.5, 0.6) is 0 Å². The van der Waals surface area contributed by atoms with Crippen molar-refractivity contribution in [1.82, 2.24) is 15.3 Å². The van der Waals surface area contributed by atoms with Crippen LogP contribution in [0.25, 0.3) is 0 Å². The molecule has 0 radical (unpaired) electrons. The summed E-state index contributed by atoms with van der Waals surface area (Å²) in [5.41, 5.74) is 10.3. The van der Waals surface area contributed by atoms with Crippen molar-refractivity contribution in [1.29, 1.82) is 0 Å². The number of hydrogen-bond donors (Lipinski definition) is 2. The minimum atomic E-state index is 0.144. The first-order valence-electron chi connectivity index (χ1n) is 8.64. The van der Waals surface area contributed by atoms with E-state index in [9.17, 15) is 0 Å². The molecule has 116 valence electrons. The molecule has 4 heteroatoms. The van der Waals surface area contributed by atoms with E-state index in [1.165, 1.54) is 58.0 Å². The second-order valence-electron chi connectivity index (χ2n) is 7.42. The van der Waals surface area contributed by atoms with Crippen LogP contribution >= 0.6 is 0 Å². The van der Waals surface area contributed by atoms with Gasteiger partial charge in [0.25, 0.3) is 0 Å². The number of nitrogens with zero attached hydrogens (tertiary/aromatic N) is 2. The Morgan fingerprint density at radius 2 is 1.85 bits per heavy atom. The van der Waals surface area contributed by atoms with Gasteiger partial charge in [-0.05, 0) is 58.9 Å². The molecule has 0 aromatic heterocycles. The second-order valence-corrected chi connectivity index (χ2v) is 7.42. The van der Waals surface area contributed by atoms with Gasteiger partial charge in [0.1, 0.15) is 0 Å². The number of hydrogen-bond acceptors (Lipinski definition) is 4. The van der Waals surface area contributed by atoms with Gasteiger partial charge >= 0.3 is 0 Å². The molecule has 3 fully saturated rings. The number of nitrogens with one attached hydrogen (secondary N) is 1. The summed E-state index contributed by atoms with van der Waals surface area (Å²) in [6, 6.07) is 2.06. The third kappa shape index (κ3) is 2.76. The zero-order valence-corrected chi connectivity index (χ0v) is 13.3. The maximum absolute atomic E-state index is 6.22. The fraction of sp³-hybridized carbons (Fsp3) is 1.00. The van der Waals surface area contributed by atoms with E-state index in [4.69, 9.17) is 5.73 Å². The Morgan fingerprint density at radius 1 is 1.10 bits per heavy atom. The lowest BCUT2D eigenvalue weighted by atomic mass is 9.83. The van der Waals surface area contributed by atoms with Crippen LogP contribution in [0.3, 0.4) is 0 Å². The summed E-state index contributed by atoms with van der Waals surface area (Å²) in [7, 11) is 0. The molecule has 0 spiro atoms. The highest BCUT2D eigenvalue weighted by Crippen LogP contribution is 2.34. The van der Waals surface area contributed by atoms with Crippen LogP contribution in [0.1, 0.15) is 58.8 Å². The molecule has 0 aromatic carbocycles. The Balaban J connectivity index is 1.69. The minimum Gasteiger partial charge on any atom is -0.329 e. The van der Waals surface area contributed by atoms with Gasteiger partial charge in [0, 0.05) is 36.8 Å². The van der Waals surface area contributed by atoms with E-state index in [0.717, 1.165) is 12.6 Å². The third-order valence-electron chi connectivity index (χ3n) is 5.95. The molecule has 0 aromatic rings. The van der Waals surface area contributed by atoms with Crippen molar-refractivity contribution < 1.29 is 0 Å². The lowest BCUT2D eigenvalue weighted by Gasteiger charge is -2.50. The van der Waals surface area contributed by atoms with Gasteiger partial charge in [0.2, 0.25) is 0 Å². The Hall–Kier alpha value is -0.160. The van der Waals surface area contributed by atoms with Gasteiger partial charge in [0.15, 0.2) is 0 Å². The van der Waals surface area contributed by atoms with Gasteiger partial charge in [-0.25, -0.2) is 10.4 Å². The predicted molar refractivity (Wildman–Crippen MR) is 83.4 cm³/mol. The zero-order chi connectivity index (χ0) is 14.2. The van der Waals surface area contributed by atoms with E-state index < -0.39 is 0 Å². The summed E-state index contributed by atoms with van der Waals surface area (Å²) in [5, 5.41) is 2.53. The molecule has 0 bridgehead atoms. The highest BCUT2D eigenvalue weighted by Gasteiger charge is 2.42. The molecule has 0 aliphatic carbocycles. The van der Waals surface area contributed by atoms with Crippen LogP contribution in [0.4, 0.5) is 0 Å². The van der Waals surface area contributed by atoms with Crippen LogP contribution in [-0.4, -0.2) is 53.2 Å². The summed E-state index contributed by atoms with van der Waals surface area (Å²) < 4.78 is 0. The molecule has 3 aliphatic heterocycles. The van der Waals surface area contributed by atoms with E-state index in [2.05, 4.69) is 29.2 Å². The molecular formula is C16H32N4. The molecule has 3 rings (SSSR count). The van der Waals surface area contributed by atoms with E-state index in [-0.39, 0.29) is 5.54 Å².